The van der Waals surface area contributed by atoms with E-state index in [9.17, 15) is 9.59 Å². The highest BCUT2D eigenvalue weighted by atomic mass is 16.4. The van der Waals surface area contributed by atoms with Gasteiger partial charge in [-0.2, -0.15) is 5.10 Å². The van der Waals surface area contributed by atoms with Crippen LogP contribution < -0.4 is 5.32 Å². The summed E-state index contributed by atoms with van der Waals surface area (Å²) in [5.74, 6) is -2.03. The van der Waals surface area contributed by atoms with Crippen LogP contribution in [0.25, 0.3) is 0 Å². The van der Waals surface area contributed by atoms with Gasteiger partial charge in [0.1, 0.15) is 0 Å². The molecule has 1 aromatic heterocycles. The first-order valence-corrected chi connectivity index (χ1v) is 5.59. The summed E-state index contributed by atoms with van der Waals surface area (Å²) in [4.78, 5) is 22.4. The van der Waals surface area contributed by atoms with Gasteiger partial charge in [0.25, 0.3) is 0 Å². The molecule has 0 bridgehead atoms. The summed E-state index contributed by atoms with van der Waals surface area (Å²) in [7, 11) is 1.78. The van der Waals surface area contributed by atoms with Crippen molar-refractivity contribution in [2.75, 3.05) is 5.32 Å². The van der Waals surface area contributed by atoms with Gasteiger partial charge in [-0.15, -0.1) is 0 Å². The number of aromatic nitrogens is 2. The second-order valence-electron chi connectivity index (χ2n) is 4.29. The Bertz CT molecular complexity index is 467. The van der Waals surface area contributed by atoms with E-state index >= 15 is 0 Å². The molecule has 0 saturated heterocycles. The smallest absolute Gasteiger partial charge is 0.307 e. The van der Waals surface area contributed by atoms with Crippen LogP contribution in [0.15, 0.2) is 6.20 Å². The van der Waals surface area contributed by atoms with Gasteiger partial charge >= 0.3 is 5.97 Å². The highest BCUT2D eigenvalue weighted by Crippen LogP contribution is 2.39. The third-order valence-corrected chi connectivity index (χ3v) is 2.94. The maximum absolute atomic E-state index is 11.8. The Kier molecular flexibility index (Phi) is 2.87. The number of carbonyl (C=O) groups excluding carboxylic acids is 1. The Morgan fingerprint density at radius 2 is 2.29 bits per heavy atom. The van der Waals surface area contributed by atoms with Crippen LogP contribution in [0.1, 0.15) is 19.0 Å². The second-order valence-corrected chi connectivity index (χ2v) is 4.29. The van der Waals surface area contributed by atoms with Gasteiger partial charge in [0.15, 0.2) is 0 Å². The fraction of sp³-hybridized carbons (Fsp3) is 0.545. The van der Waals surface area contributed by atoms with E-state index in [0.29, 0.717) is 12.1 Å². The lowest BCUT2D eigenvalue weighted by Gasteiger charge is -2.02. The minimum atomic E-state index is -0.896. The molecule has 17 heavy (non-hydrogen) atoms. The van der Waals surface area contributed by atoms with Crippen molar-refractivity contribution >= 4 is 17.6 Å². The molecule has 1 aromatic rings. The predicted octanol–water partition coefficient (Wildman–Crippen LogP) is 0.642. The predicted molar refractivity (Wildman–Crippen MR) is 60.4 cm³/mol. The number of carboxylic acid groups (broad SMARTS) is 1. The van der Waals surface area contributed by atoms with Gasteiger partial charge in [0, 0.05) is 13.2 Å². The monoisotopic (exact) mass is 237 g/mol. The average molecular weight is 237 g/mol. The van der Waals surface area contributed by atoms with Gasteiger partial charge in [-0.25, -0.2) is 0 Å². The number of amides is 1. The Labute approximate surface area is 98.6 Å². The first-order valence-electron chi connectivity index (χ1n) is 5.59. The maximum Gasteiger partial charge on any atom is 0.307 e. The van der Waals surface area contributed by atoms with Crippen LogP contribution >= 0.6 is 0 Å². The van der Waals surface area contributed by atoms with E-state index in [2.05, 4.69) is 10.4 Å². The summed E-state index contributed by atoms with van der Waals surface area (Å²) in [5.41, 5.74) is 1.49. The number of carbonyl (C=O) groups is 2. The van der Waals surface area contributed by atoms with Crippen LogP contribution in [0, 0.1) is 11.8 Å². The highest BCUT2D eigenvalue weighted by molar-refractivity contribution is 5.98. The van der Waals surface area contributed by atoms with Gasteiger partial charge in [0.2, 0.25) is 5.91 Å². The Morgan fingerprint density at radius 3 is 2.82 bits per heavy atom. The third kappa shape index (κ3) is 2.30. The molecular formula is C11H15N3O3. The van der Waals surface area contributed by atoms with Crippen LogP contribution in [-0.2, 0) is 23.1 Å². The summed E-state index contributed by atoms with van der Waals surface area (Å²) in [5, 5.41) is 15.7. The van der Waals surface area contributed by atoms with Crippen LogP contribution in [-0.4, -0.2) is 26.8 Å². The largest absolute Gasteiger partial charge is 0.481 e. The van der Waals surface area contributed by atoms with Crippen molar-refractivity contribution < 1.29 is 14.7 Å². The van der Waals surface area contributed by atoms with E-state index in [4.69, 9.17) is 5.11 Å². The topological polar surface area (TPSA) is 84.2 Å². The quantitative estimate of drug-likeness (QED) is 0.805. The fourth-order valence-electron chi connectivity index (χ4n) is 1.88. The zero-order valence-electron chi connectivity index (χ0n) is 9.80. The molecule has 92 valence electrons. The standard InChI is InChI=1S/C11H15N3O3/c1-3-8-9(5-14(2)13-8)12-10(15)6-4-7(6)11(16)17/h5-7H,3-4H2,1-2H3,(H,12,15)(H,16,17)/t6-,7+/m1/s1. The molecule has 6 nitrogen and oxygen atoms in total. The van der Waals surface area contributed by atoms with Crippen LogP contribution in [0.5, 0.6) is 0 Å². The van der Waals surface area contributed by atoms with Crippen molar-refractivity contribution in [3.05, 3.63) is 11.9 Å². The first-order chi connectivity index (χ1) is 8.02. The number of anilines is 1. The van der Waals surface area contributed by atoms with Crippen molar-refractivity contribution in [2.45, 2.75) is 19.8 Å². The van der Waals surface area contributed by atoms with Gasteiger partial charge in [-0.05, 0) is 12.8 Å². The molecule has 1 aliphatic rings. The van der Waals surface area contributed by atoms with Crippen molar-refractivity contribution in [3.63, 3.8) is 0 Å². The molecule has 2 rings (SSSR count). The van der Waals surface area contributed by atoms with Gasteiger partial charge in [-0.3, -0.25) is 14.3 Å². The van der Waals surface area contributed by atoms with Gasteiger partial charge in [0.05, 0.1) is 23.2 Å². The number of hydrogen-bond acceptors (Lipinski definition) is 3. The summed E-state index contributed by atoms with van der Waals surface area (Å²) in [6.45, 7) is 1.95. The van der Waals surface area contributed by atoms with E-state index < -0.39 is 17.8 Å². The lowest BCUT2D eigenvalue weighted by molar-refractivity contribution is -0.139. The van der Waals surface area contributed by atoms with E-state index in [1.54, 1.807) is 17.9 Å². The zero-order valence-corrected chi connectivity index (χ0v) is 9.80. The number of rotatable bonds is 4. The SMILES string of the molecule is CCc1nn(C)cc1NC(=O)[C@@H]1C[C@@H]1C(=O)O. The van der Waals surface area contributed by atoms with Crippen molar-refractivity contribution in [2.24, 2.45) is 18.9 Å². The summed E-state index contributed by atoms with van der Waals surface area (Å²) < 4.78 is 1.63. The van der Waals surface area contributed by atoms with E-state index in [-0.39, 0.29) is 5.91 Å². The molecule has 6 heteroatoms. The molecule has 1 amide bonds. The molecule has 0 aromatic carbocycles. The van der Waals surface area contributed by atoms with E-state index in [0.717, 1.165) is 12.1 Å². The lowest BCUT2D eigenvalue weighted by atomic mass is 10.2. The molecule has 1 saturated carbocycles. The Balaban J connectivity index is 2.02. The number of nitrogens with one attached hydrogen (secondary N) is 1. The molecule has 1 fully saturated rings. The third-order valence-electron chi connectivity index (χ3n) is 2.94. The molecule has 0 spiro atoms. The summed E-state index contributed by atoms with van der Waals surface area (Å²) in [6, 6.07) is 0. The molecule has 2 atom stereocenters. The van der Waals surface area contributed by atoms with E-state index in [1.165, 1.54) is 0 Å². The molecular weight excluding hydrogens is 222 g/mol. The molecule has 1 aliphatic carbocycles. The Hall–Kier alpha value is -1.85. The van der Waals surface area contributed by atoms with E-state index in [1.807, 2.05) is 6.92 Å². The number of carboxylic acids is 1. The summed E-state index contributed by atoms with van der Waals surface area (Å²) in [6.07, 6.45) is 2.89. The first kappa shape index (κ1) is 11.6. The van der Waals surface area contributed by atoms with Crippen molar-refractivity contribution in [1.82, 2.24) is 9.78 Å². The van der Waals surface area contributed by atoms with Gasteiger partial charge in [-0.1, -0.05) is 6.92 Å². The molecule has 1 heterocycles. The fourth-order valence-corrected chi connectivity index (χ4v) is 1.88. The number of aryl methyl sites for hydroxylation is 2. The molecule has 0 aliphatic heterocycles. The minimum absolute atomic E-state index is 0.222. The summed E-state index contributed by atoms with van der Waals surface area (Å²) >= 11 is 0. The van der Waals surface area contributed by atoms with Crippen molar-refractivity contribution in [1.29, 1.82) is 0 Å². The molecule has 0 unspecified atom stereocenters. The maximum atomic E-state index is 11.8. The Morgan fingerprint density at radius 1 is 1.59 bits per heavy atom. The average Bonchev–Trinajstić information content (AvgIpc) is 2.99. The normalized spacial score (nSPS) is 22.2. The molecule has 2 N–H and O–H groups in total. The number of hydrogen-bond donors (Lipinski definition) is 2. The lowest BCUT2D eigenvalue weighted by Crippen LogP contribution is -2.17. The number of nitrogens with zero attached hydrogens (tertiary/aromatic N) is 2. The van der Waals surface area contributed by atoms with Gasteiger partial charge < -0.3 is 10.4 Å². The molecule has 0 radical (unpaired) electrons. The van der Waals surface area contributed by atoms with Crippen LogP contribution in [0.3, 0.4) is 0 Å². The number of aliphatic carboxylic acids is 1. The van der Waals surface area contributed by atoms with Crippen LogP contribution in [0.4, 0.5) is 5.69 Å². The van der Waals surface area contributed by atoms with Crippen molar-refractivity contribution in [3.8, 4) is 0 Å². The zero-order chi connectivity index (χ0) is 12.6. The highest BCUT2D eigenvalue weighted by Gasteiger charge is 2.48. The second kappa shape index (κ2) is 4.20. The van der Waals surface area contributed by atoms with Crippen LogP contribution in [0.2, 0.25) is 0 Å². The minimum Gasteiger partial charge on any atom is -0.481 e.